The first kappa shape index (κ1) is 23.0. The van der Waals surface area contributed by atoms with Gasteiger partial charge in [0.2, 0.25) is 0 Å². The highest BCUT2D eigenvalue weighted by molar-refractivity contribution is 9.10. The van der Waals surface area contributed by atoms with Gasteiger partial charge < -0.3 is 0 Å². The Morgan fingerprint density at radius 3 is 2.11 bits per heavy atom. The first-order valence-electron chi connectivity index (χ1n) is 12.3. The van der Waals surface area contributed by atoms with E-state index >= 15 is 0 Å². The van der Waals surface area contributed by atoms with E-state index in [1.165, 1.54) is 20.2 Å². The summed E-state index contributed by atoms with van der Waals surface area (Å²) in [5, 5.41) is 2.53. The fourth-order valence-electron chi connectivity index (χ4n) is 4.78. The molecule has 7 rings (SSSR count). The number of benzene rings is 4. The third kappa shape index (κ3) is 4.30. The van der Waals surface area contributed by atoms with Crippen LogP contribution in [0.25, 0.3) is 65.2 Å². The van der Waals surface area contributed by atoms with Gasteiger partial charge in [0, 0.05) is 59.3 Å². The van der Waals surface area contributed by atoms with Crippen LogP contribution >= 0.6 is 27.3 Å². The molecule has 0 saturated carbocycles. The van der Waals surface area contributed by atoms with Crippen molar-refractivity contribution in [2.45, 2.75) is 0 Å². The fourth-order valence-corrected chi connectivity index (χ4v) is 6.36. The summed E-state index contributed by atoms with van der Waals surface area (Å²) in [6, 6.07) is 37.9. The van der Waals surface area contributed by atoms with Gasteiger partial charge in [-0.3, -0.25) is 4.98 Å². The molecule has 180 valence electrons. The maximum Gasteiger partial charge on any atom is 0.160 e. The van der Waals surface area contributed by atoms with E-state index in [0.29, 0.717) is 5.82 Å². The summed E-state index contributed by atoms with van der Waals surface area (Å²) in [6.45, 7) is 0. The number of nitrogens with zero attached hydrogens (tertiary/aromatic N) is 3. The molecule has 0 spiro atoms. The summed E-state index contributed by atoms with van der Waals surface area (Å²) >= 11 is 5.54. The molecule has 4 aromatic carbocycles. The Labute approximate surface area is 232 Å². The van der Waals surface area contributed by atoms with Crippen molar-refractivity contribution in [3.8, 4) is 45.0 Å². The molecule has 3 aromatic heterocycles. The Kier molecular flexibility index (Phi) is 5.80. The summed E-state index contributed by atoms with van der Waals surface area (Å²) in [5.74, 6) is 0.705. The van der Waals surface area contributed by atoms with Crippen LogP contribution in [0.15, 0.2) is 126 Å². The van der Waals surface area contributed by atoms with E-state index in [1.807, 2.05) is 41.8 Å². The van der Waals surface area contributed by atoms with Gasteiger partial charge in [-0.15, -0.1) is 11.3 Å². The summed E-state index contributed by atoms with van der Waals surface area (Å²) < 4.78 is 3.56. The van der Waals surface area contributed by atoms with Gasteiger partial charge in [-0.05, 0) is 54.1 Å². The number of fused-ring (bicyclic) bond motifs is 3. The van der Waals surface area contributed by atoms with Gasteiger partial charge in [0.05, 0.1) is 11.4 Å². The number of aromatic nitrogens is 3. The highest BCUT2D eigenvalue weighted by Crippen LogP contribution is 2.37. The molecule has 7 aromatic rings. The van der Waals surface area contributed by atoms with Crippen molar-refractivity contribution in [1.82, 2.24) is 15.0 Å². The Morgan fingerprint density at radius 1 is 0.526 bits per heavy atom. The lowest BCUT2D eigenvalue weighted by atomic mass is 10.0. The molecular weight excluding hydrogens is 550 g/mol. The van der Waals surface area contributed by atoms with Crippen molar-refractivity contribution in [1.29, 1.82) is 0 Å². The second kappa shape index (κ2) is 9.60. The minimum absolute atomic E-state index is 0.705. The minimum Gasteiger partial charge on any atom is -0.264 e. The van der Waals surface area contributed by atoms with Crippen molar-refractivity contribution < 1.29 is 0 Å². The van der Waals surface area contributed by atoms with Crippen molar-refractivity contribution in [2.75, 3.05) is 0 Å². The second-order valence-corrected chi connectivity index (χ2v) is 11.1. The number of thiophene rings is 1. The molecule has 0 bridgehead atoms. The van der Waals surface area contributed by atoms with Crippen LogP contribution in [-0.2, 0) is 0 Å². The lowest BCUT2D eigenvalue weighted by Crippen LogP contribution is -1.96. The monoisotopic (exact) mass is 569 g/mol. The van der Waals surface area contributed by atoms with E-state index < -0.39 is 0 Å². The highest BCUT2D eigenvalue weighted by atomic mass is 79.9. The van der Waals surface area contributed by atoms with Gasteiger partial charge in [0.25, 0.3) is 0 Å². The topological polar surface area (TPSA) is 38.7 Å². The molecule has 0 atom stereocenters. The molecule has 38 heavy (non-hydrogen) atoms. The molecule has 0 amide bonds. The highest BCUT2D eigenvalue weighted by Gasteiger charge is 2.14. The standard InChI is InChI=1S/C33H20BrN3S/c34-26-16-24(23-9-6-14-35-20-23)15-25(17-26)30-19-29(36-33(37-30)21-7-2-1-3-8-21)22-12-13-32-28(18-22)27-10-4-5-11-31(27)38-32/h1-20H. The Morgan fingerprint density at radius 2 is 1.26 bits per heavy atom. The molecule has 0 fully saturated rings. The van der Waals surface area contributed by atoms with Crippen LogP contribution in [0.5, 0.6) is 0 Å². The first-order valence-corrected chi connectivity index (χ1v) is 13.9. The zero-order chi connectivity index (χ0) is 25.5. The van der Waals surface area contributed by atoms with Gasteiger partial charge in [-0.25, -0.2) is 9.97 Å². The number of halogens is 1. The van der Waals surface area contributed by atoms with Crippen LogP contribution < -0.4 is 0 Å². The van der Waals surface area contributed by atoms with E-state index in [0.717, 1.165) is 43.7 Å². The summed E-state index contributed by atoms with van der Waals surface area (Å²) in [7, 11) is 0. The third-order valence-corrected chi connectivity index (χ3v) is 8.23. The van der Waals surface area contributed by atoms with Gasteiger partial charge in [0.15, 0.2) is 5.82 Å². The second-order valence-electron chi connectivity index (χ2n) is 9.11. The molecule has 0 N–H and O–H groups in total. The summed E-state index contributed by atoms with van der Waals surface area (Å²) in [6.07, 6.45) is 3.67. The molecular formula is C33H20BrN3S. The molecule has 0 aliphatic heterocycles. The first-order chi connectivity index (χ1) is 18.7. The van der Waals surface area contributed by atoms with Gasteiger partial charge >= 0.3 is 0 Å². The Hall–Kier alpha value is -4.19. The predicted octanol–water partition coefficient (Wildman–Crippen LogP) is 9.67. The van der Waals surface area contributed by atoms with Crippen molar-refractivity contribution in [3.05, 3.63) is 126 Å². The van der Waals surface area contributed by atoms with Crippen LogP contribution in [0.2, 0.25) is 0 Å². The van der Waals surface area contributed by atoms with E-state index in [4.69, 9.17) is 9.97 Å². The van der Waals surface area contributed by atoms with E-state index in [2.05, 4.69) is 106 Å². The average molecular weight is 571 g/mol. The van der Waals surface area contributed by atoms with Gasteiger partial charge in [0.1, 0.15) is 0 Å². The number of rotatable bonds is 4. The lowest BCUT2D eigenvalue weighted by molar-refractivity contribution is 1.18. The summed E-state index contributed by atoms with van der Waals surface area (Å²) in [5.41, 5.74) is 6.98. The van der Waals surface area contributed by atoms with Crippen LogP contribution in [-0.4, -0.2) is 15.0 Å². The quantitative estimate of drug-likeness (QED) is 0.212. The van der Waals surface area contributed by atoms with E-state index in [-0.39, 0.29) is 0 Å². The molecule has 0 aliphatic rings. The number of hydrogen-bond donors (Lipinski definition) is 0. The van der Waals surface area contributed by atoms with Gasteiger partial charge in [-0.2, -0.15) is 0 Å². The molecule has 3 heterocycles. The normalized spacial score (nSPS) is 11.3. The molecule has 0 unspecified atom stereocenters. The van der Waals surface area contributed by atoms with Crippen LogP contribution in [0, 0.1) is 0 Å². The minimum atomic E-state index is 0.705. The largest absolute Gasteiger partial charge is 0.264 e. The average Bonchev–Trinajstić information content (AvgIpc) is 3.35. The van der Waals surface area contributed by atoms with Crippen molar-refractivity contribution >= 4 is 47.4 Å². The Bertz CT molecular complexity index is 1930. The van der Waals surface area contributed by atoms with Crippen LogP contribution in [0.3, 0.4) is 0 Å². The Balaban J connectivity index is 1.43. The van der Waals surface area contributed by atoms with Crippen molar-refractivity contribution in [2.24, 2.45) is 0 Å². The van der Waals surface area contributed by atoms with Crippen LogP contribution in [0.1, 0.15) is 0 Å². The zero-order valence-corrected chi connectivity index (χ0v) is 22.6. The molecule has 0 aliphatic carbocycles. The predicted molar refractivity (Wildman–Crippen MR) is 162 cm³/mol. The fraction of sp³-hybridized carbons (Fsp3) is 0. The SMILES string of the molecule is Brc1cc(-c2cccnc2)cc(-c2cc(-c3ccc4sc5ccccc5c4c3)nc(-c3ccccc3)n2)c1. The van der Waals surface area contributed by atoms with E-state index in [1.54, 1.807) is 6.20 Å². The molecule has 5 heteroatoms. The maximum absolute atomic E-state index is 5.04. The molecule has 0 radical (unpaired) electrons. The number of pyridine rings is 1. The third-order valence-electron chi connectivity index (χ3n) is 6.62. The molecule has 3 nitrogen and oxygen atoms in total. The maximum atomic E-state index is 5.04. The van der Waals surface area contributed by atoms with E-state index in [9.17, 15) is 0 Å². The smallest absolute Gasteiger partial charge is 0.160 e. The summed E-state index contributed by atoms with van der Waals surface area (Å²) in [4.78, 5) is 14.4. The zero-order valence-electron chi connectivity index (χ0n) is 20.2. The molecule has 0 saturated heterocycles. The lowest BCUT2D eigenvalue weighted by Gasteiger charge is -2.11. The van der Waals surface area contributed by atoms with Crippen LogP contribution in [0.4, 0.5) is 0 Å². The van der Waals surface area contributed by atoms with Gasteiger partial charge in [-0.1, -0.05) is 76.6 Å². The van der Waals surface area contributed by atoms with Crippen molar-refractivity contribution in [3.63, 3.8) is 0 Å². The number of hydrogen-bond acceptors (Lipinski definition) is 4.